The molecule has 2 aromatic rings. The monoisotopic (exact) mass is 218 g/mol. The minimum absolute atomic E-state index is 0.101. The number of ether oxygens (including phenoxy) is 1. The van der Waals surface area contributed by atoms with Crippen molar-refractivity contribution >= 4 is 5.69 Å². The van der Waals surface area contributed by atoms with Crippen LogP contribution in [-0.4, -0.2) is 4.98 Å². The van der Waals surface area contributed by atoms with Crippen molar-refractivity contribution in [3.8, 4) is 11.6 Å². The van der Waals surface area contributed by atoms with Crippen LogP contribution >= 0.6 is 0 Å². The summed E-state index contributed by atoms with van der Waals surface area (Å²) in [5, 5.41) is 0. The first-order chi connectivity index (χ1) is 7.65. The smallest absolute Gasteiger partial charge is 0.219 e. The molecule has 0 spiro atoms. The Morgan fingerprint density at radius 3 is 2.69 bits per heavy atom. The summed E-state index contributed by atoms with van der Waals surface area (Å²) in [6.45, 7) is 1.93. The van der Waals surface area contributed by atoms with Crippen molar-refractivity contribution < 1.29 is 9.13 Å². The number of rotatable bonds is 2. The number of aryl methyl sites for hydroxylation is 1. The molecule has 0 aliphatic heterocycles. The summed E-state index contributed by atoms with van der Waals surface area (Å²) in [6.07, 6.45) is 1.68. The third-order valence-corrected chi connectivity index (χ3v) is 2.08. The van der Waals surface area contributed by atoms with Crippen molar-refractivity contribution in [3.05, 3.63) is 47.9 Å². The molecule has 0 bridgehead atoms. The van der Waals surface area contributed by atoms with Crippen molar-refractivity contribution in [3.63, 3.8) is 0 Å². The van der Waals surface area contributed by atoms with E-state index in [2.05, 4.69) is 4.98 Å². The van der Waals surface area contributed by atoms with Crippen LogP contribution < -0.4 is 10.5 Å². The molecule has 0 radical (unpaired) electrons. The van der Waals surface area contributed by atoms with Crippen LogP contribution in [0.2, 0.25) is 0 Å². The molecule has 0 fully saturated rings. The maximum atomic E-state index is 13.1. The van der Waals surface area contributed by atoms with Gasteiger partial charge in [0.1, 0.15) is 11.6 Å². The largest absolute Gasteiger partial charge is 0.439 e. The number of nitrogens with zero attached hydrogens (tertiary/aromatic N) is 1. The van der Waals surface area contributed by atoms with E-state index in [0.29, 0.717) is 11.6 Å². The van der Waals surface area contributed by atoms with Crippen LogP contribution in [0, 0.1) is 12.7 Å². The van der Waals surface area contributed by atoms with Gasteiger partial charge in [0.05, 0.1) is 5.69 Å². The van der Waals surface area contributed by atoms with Gasteiger partial charge in [-0.25, -0.2) is 9.37 Å². The Kier molecular flexibility index (Phi) is 2.72. The van der Waals surface area contributed by atoms with Gasteiger partial charge in [0.2, 0.25) is 5.88 Å². The summed E-state index contributed by atoms with van der Waals surface area (Å²) in [7, 11) is 0. The van der Waals surface area contributed by atoms with Crippen LogP contribution in [0.25, 0.3) is 0 Å². The molecule has 0 saturated carbocycles. The Bertz CT molecular complexity index is 497. The average Bonchev–Trinajstić information content (AvgIpc) is 2.27. The first kappa shape index (κ1) is 10.4. The van der Waals surface area contributed by atoms with E-state index in [9.17, 15) is 4.39 Å². The standard InChI is InChI=1S/C12H11FN2O/c1-8-2-5-12(15-7-8)16-9-3-4-11(14)10(13)6-9/h2-7H,14H2,1H3. The number of nitrogens with two attached hydrogens (primary N) is 1. The van der Waals surface area contributed by atoms with Crippen LogP contribution in [0.15, 0.2) is 36.5 Å². The number of pyridine rings is 1. The third-order valence-electron chi connectivity index (χ3n) is 2.08. The van der Waals surface area contributed by atoms with Crippen LogP contribution in [0.1, 0.15) is 5.56 Å². The quantitative estimate of drug-likeness (QED) is 0.788. The van der Waals surface area contributed by atoms with Crippen molar-refractivity contribution in [2.45, 2.75) is 6.92 Å². The summed E-state index contributed by atoms with van der Waals surface area (Å²) in [5.74, 6) is 0.308. The van der Waals surface area contributed by atoms with Gasteiger partial charge < -0.3 is 10.5 Å². The van der Waals surface area contributed by atoms with Gasteiger partial charge in [-0.05, 0) is 24.6 Å². The van der Waals surface area contributed by atoms with E-state index >= 15 is 0 Å². The molecule has 0 aliphatic rings. The van der Waals surface area contributed by atoms with Crippen LogP contribution in [0.3, 0.4) is 0 Å². The average molecular weight is 218 g/mol. The van der Waals surface area contributed by atoms with Gasteiger partial charge in [-0.3, -0.25) is 0 Å². The predicted molar refractivity (Wildman–Crippen MR) is 59.9 cm³/mol. The van der Waals surface area contributed by atoms with Gasteiger partial charge >= 0.3 is 0 Å². The summed E-state index contributed by atoms with van der Waals surface area (Å²) >= 11 is 0. The maximum Gasteiger partial charge on any atom is 0.219 e. The van der Waals surface area contributed by atoms with Gasteiger partial charge in [0.15, 0.2) is 0 Å². The summed E-state index contributed by atoms with van der Waals surface area (Å²) in [4.78, 5) is 4.05. The molecular formula is C12H11FN2O. The first-order valence-electron chi connectivity index (χ1n) is 4.81. The van der Waals surface area contributed by atoms with E-state index in [4.69, 9.17) is 10.5 Å². The van der Waals surface area contributed by atoms with E-state index in [0.717, 1.165) is 5.56 Å². The molecular weight excluding hydrogens is 207 g/mol. The molecule has 1 aromatic heterocycles. The second-order valence-corrected chi connectivity index (χ2v) is 3.46. The van der Waals surface area contributed by atoms with Crippen LogP contribution in [0.5, 0.6) is 11.6 Å². The van der Waals surface area contributed by atoms with E-state index in [1.54, 1.807) is 18.3 Å². The molecule has 1 aromatic carbocycles. The number of hydrogen-bond acceptors (Lipinski definition) is 3. The first-order valence-corrected chi connectivity index (χ1v) is 4.81. The highest BCUT2D eigenvalue weighted by Crippen LogP contribution is 2.22. The minimum Gasteiger partial charge on any atom is -0.439 e. The highest BCUT2D eigenvalue weighted by molar-refractivity contribution is 5.44. The molecule has 0 saturated heterocycles. The number of nitrogen functional groups attached to an aromatic ring is 1. The number of anilines is 1. The van der Waals surface area contributed by atoms with Gasteiger partial charge in [-0.1, -0.05) is 6.07 Å². The molecule has 0 aliphatic carbocycles. The van der Waals surface area contributed by atoms with Gasteiger partial charge in [0.25, 0.3) is 0 Å². The lowest BCUT2D eigenvalue weighted by Crippen LogP contribution is -1.92. The maximum absolute atomic E-state index is 13.1. The van der Waals surface area contributed by atoms with Crippen molar-refractivity contribution in [1.82, 2.24) is 4.98 Å². The fourth-order valence-corrected chi connectivity index (χ4v) is 1.21. The van der Waals surface area contributed by atoms with Crippen molar-refractivity contribution in [2.24, 2.45) is 0 Å². The topological polar surface area (TPSA) is 48.1 Å². The molecule has 2 N–H and O–H groups in total. The summed E-state index contributed by atoms with van der Waals surface area (Å²) < 4.78 is 18.5. The number of aromatic nitrogens is 1. The predicted octanol–water partition coefficient (Wildman–Crippen LogP) is 2.90. The fraction of sp³-hybridized carbons (Fsp3) is 0.0833. The van der Waals surface area contributed by atoms with E-state index < -0.39 is 5.82 Å². The zero-order valence-corrected chi connectivity index (χ0v) is 8.77. The molecule has 0 atom stereocenters. The molecule has 2 rings (SSSR count). The highest BCUT2D eigenvalue weighted by Gasteiger charge is 2.02. The van der Waals surface area contributed by atoms with Gasteiger partial charge in [0, 0.05) is 18.3 Å². The molecule has 0 amide bonds. The second-order valence-electron chi connectivity index (χ2n) is 3.46. The number of benzene rings is 1. The van der Waals surface area contributed by atoms with Crippen LogP contribution in [0.4, 0.5) is 10.1 Å². The Morgan fingerprint density at radius 2 is 2.06 bits per heavy atom. The Balaban J connectivity index is 2.20. The Morgan fingerprint density at radius 1 is 1.25 bits per heavy atom. The Hall–Kier alpha value is -2.10. The zero-order chi connectivity index (χ0) is 11.5. The highest BCUT2D eigenvalue weighted by atomic mass is 19.1. The summed E-state index contributed by atoms with van der Waals surface area (Å²) in [5.41, 5.74) is 6.49. The van der Waals surface area contributed by atoms with Crippen LogP contribution in [-0.2, 0) is 0 Å². The fourth-order valence-electron chi connectivity index (χ4n) is 1.21. The SMILES string of the molecule is Cc1ccc(Oc2ccc(N)c(F)c2)nc1. The van der Waals surface area contributed by atoms with E-state index in [-0.39, 0.29) is 5.69 Å². The number of hydrogen-bond donors (Lipinski definition) is 1. The molecule has 4 heteroatoms. The van der Waals surface area contributed by atoms with E-state index in [1.165, 1.54) is 12.1 Å². The molecule has 0 unspecified atom stereocenters. The zero-order valence-electron chi connectivity index (χ0n) is 8.77. The lowest BCUT2D eigenvalue weighted by atomic mass is 10.3. The van der Waals surface area contributed by atoms with Crippen molar-refractivity contribution in [2.75, 3.05) is 5.73 Å². The molecule has 1 heterocycles. The lowest BCUT2D eigenvalue weighted by Gasteiger charge is -2.05. The summed E-state index contributed by atoms with van der Waals surface area (Å²) in [6, 6.07) is 7.88. The van der Waals surface area contributed by atoms with E-state index in [1.807, 2.05) is 13.0 Å². The van der Waals surface area contributed by atoms with Crippen molar-refractivity contribution in [1.29, 1.82) is 0 Å². The lowest BCUT2D eigenvalue weighted by molar-refractivity contribution is 0.458. The molecule has 3 nitrogen and oxygen atoms in total. The van der Waals surface area contributed by atoms with Gasteiger partial charge in [-0.2, -0.15) is 0 Å². The minimum atomic E-state index is -0.496. The normalized spacial score (nSPS) is 10.1. The molecule has 82 valence electrons. The third kappa shape index (κ3) is 2.28. The Labute approximate surface area is 92.7 Å². The second kappa shape index (κ2) is 4.18. The molecule has 16 heavy (non-hydrogen) atoms. The van der Waals surface area contributed by atoms with Gasteiger partial charge in [-0.15, -0.1) is 0 Å². The number of halogens is 1.